The molecule has 1 aromatic carbocycles. The van der Waals surface area contributed by atoms with Gasteiger partial charge in [-0.25, -0.2) is 0 Å². The van der Waals surface area contributed by atoms with Gasteiger partial charge in [0.05, 0.1) is 6.61 Å². The molecule has 1 aromatic rings. The first kappa shape index (κ1) is 15.4. The van der Waals surface area contributed by atoms with Gasteiger partial charge in [-0.3, -0.25) is 9.59 Å². The number of hydrogen-bond donors (Lipinski definition) is 2. The molecule has 3 nitrogen and oxygen atoms in total. The van der Waals surface area contributed by atoms with Gasteiger partial charge >= 0.3 is 0 Å². The fourth-order valence-corrected chi connectivity index (χ4v) is 0.984. The minimum Gasteiger partial charge on any atom is -0.396 e. The van der Waals surface area contributed by atoms with E-state index in [0.29, 0.717) is 16.9 Å². The van der Waals surface area contributed by atoms with Crippen LogP contribution in [-0.2, 0) is 0 Å². The Morgan fingerprint density at radius 1 is 1.06 bits per heavy atom. The Morgan fingerprint density at radius 2 is 1.31 bits per heavy atom. The Labute approximate surface area is 109 Å². The van der Waals surface area contributed by atoms with Crippen LogP contribution in [-0.4, -0.2) is 28.0 Å². The summed E-state index contributed by atoms with van der Waals surface area (Å²) >= 11 is 14.0. The zero-order valence-electron chi connectivity index (χ0n) is 8.19. The maximum absolute atomic E-state index is 10.6. The van der Waals surface area contributed by atoms with Gasteiger partial charge in [-0.15, -0.1) is 0 Å². The van der Waals surface area contributed by atoms with E-state index in [-0.39, 0.29) is 6.61 Å². The van der Waals surface area contributed by atoms with Crippen LogP contribution < -0.4 is 0 Å². The minimum absolute atomic E-state index is 0.184. The molecule has 0 fully saturated rings. The van der Waals surface area contributed by atoms with Crippen molar-refractivity contribution in [2.45, 2.75) is 0 Å². The van der Waals surface area contributed by atoms with Crippen LogP contribution in [0.1, 0.15) is 20.7 Å². The van der Waals surface area contributed by atoms with Crippen LogP contribution >= 0.6 is 35.8 Å². The van der Waals surface area contributed by atoms with Crippen LogP contribution in [0.2, 0.25) is 0 Å². The van der Waals surface area contributed by atoms with Crippen molar-refractivity contribution in [3.63, 3.8) is 0 Å². The molecule has 0 aliphatic rings. The monoisotopic (exact) mass is 280 g/mol. The highest BCUT2D eigenvalue weighted by molar-refractivity contribution is 7.80. The third-order valence-corrected chi connectivity index (χ3v) is 2.08. The number of carbonyl (C=O) groups excluding carboxylic acids is 2. The number of aliphatic hydroxyl groups excluding tert-OH is 1. The zero-order valence-corrected chi connectivity index (χ0v) is 10.6. The zero-order chi connectivity index (χ0) is 12.6. The summed E-state index contributed by atoms with van der Waals surface area (Å²) in [5.74, 6) is 0.569. The number of carbonyl (C=O) groups is 2. The molecule has 0 bridgehead atoms. The van der Waals surface area contributed by atoms with Crippen molar-refractivity contribution in [2.24, 2.45) is 0 Å². The van der Waals surface area contributed by atoms with Crippen molar-refractivity contribution in [2.75, 3.05) is 12.4 Å². The molecule has 0 unspecified atom stereocenters. The van der Waals surface area contributed by atoms with E-state index in [1.807, 2.05) is 0 Å². The lowest BCUT2D eigenvalue weighted by atomic mass is 10.2. The topological polar surface area (TPSA) is 54.4 Å². The summed E-state index contributed by atoms with van der Waals surface area (Å²) in [5.41, 5.74) is 0.691. The summed E-state index contributed by atoms with van der Waals surface area (Å²) in [6.07, 6.45) is 0. The van der Waals surface area contributed by atoms with Crippen LogP contribution in [0.4, 0.5) is 0 Å². The molecule has 1 rings (SSSR count). The third kappa shape index (κ3) is 6.12. The van der Waals surface area contributed by atoms with E-state index >= 15 is 0 Å². The number of aliphatic hydroxyl groups is 1. The molecule has 0 aliphatic carbocycles. The molecule has 0 spiro atoms. The number of rotatable bonds is 3. The van der Waals surface area contributed by atoms with Gasteiger partial charge in [-0.2, -0.15) is 12.6 Å². The standard InChI is InChI=1S/C8H4Cl2O2.C2H6OS/c9-7(11)5-1-2-6(4-3-5)8(10)12;3-1-2-4/h1-4H;3-4H,1-2H2. The Bertz CT molecular complexity index is 317. The Balaban J connectivity index is 0.000000487. The third-order valence-electron chi connectivity index (χ3n) is 1.44. The summed E-state index contributed by atoms with van der Waals surface area (Å²) in [5, 5.41) is 6.69. The smallest absolute Gasteiger partial charge is 0.252 e. The fourth-order valence-electron chi connectivity index (χ4n) is 0.732. The molecule has 1 N–H and O–H groups in total. The van der Waals surface area contributed by atoms with E-state index in [0.717, 1.165) is 0 Å². The van der Waals surface area contributed by atoms with Crippen LogP contribution in [0.5, 0.6) is 0 Å². The molecule has 0 saturated carbocycles. The lowest BCUT2D eigenvalue weighted by molar-refractivity contribution is 0.107. The van der Waals surface area contributed by atoms with Gasteiger partial charge < -0.3 is 5.11 Å². The van der Waals surface area contributed by atoms with Crippen LogP contribution in [0, 0.1) is 0 Å². The summed E-state index contributed by atoms with van der Waals surface area (Å²) in [7, 11) is 0. The lowest BCUT2D eigenvalue weighted by Crippen LogP contribution is -1.92. The Kier molecular flexibility index (Phi) is 8.29. The predicted molar refractivity (Wildman–Crippen MR) is 67.7 cm³/mol. The molecule has 0 heterocycles. The fraction of sp³-hybridized carbons (Fsp3) is 0.200. The summed E-state index contributed by atoms with van der Waals surface area (Å²) in [4.78, 5) is 21.1. The number of thiol groups is 1. The van der Waals surface area contributed by atoms with Crippen molar-refractivity contribution in [3.05, 3.63) is 35.4 Å². The first-order valence-electron chi connectivity index (χ1n) is 4.24. The number of hydrogen-bond acceptors (Lipinski definition) is 4. The molecule has 0 radical (unpaired) electrons. The van der Waals surface area contributed by atoms with E-state index in [1.165, 1.54) is 24.3 Å². The van der Waals surface area contributed by atoms with Crippen molar-refractivity contribution in [1.29, 1.82) is 0 Å². The van der Waals surface area contributed by atoms with Crippen molar-refractivity contribution < 1.29 is 14.7 Å². The van der Waals surface area contributed by atoms with Crippen LogP contribution in [0.3, 0.4) is 0 Å². The Morgan fingerprint density at radius 3 is 1.44 bits per heavy atom. The van der Waals surface area contributed by atoms with Crippen molar-refractivity contribution >= 4 is 46.3 Å². The maximum Gasteiger partial charge on any atom is 0.252 e. The van der Waals surface area contributed by atoms with E-state index in [9.17, 15) is 9.59 Å². The SMILES string of the molecule is O=C(Cl)c1ccc(C(=O)Cl)cc1.OCCS. The van der Waals surface area contributed by atoms with Gasteiger partial charge in [-0.1, -0.05) is 0 Å². The van der Waals surface area contributed by atoms with Gasteiger partial charge in [0.25, 0.3) is 10.5 Å². The molecule has 0 atom stereocenters. The van der Waals surface area contributed by atoms with E-state index < -0.39 is 10.5 Å². The molecule has 0 aromatic heterocycles. The van der Waals surface area contributed by atoms with Crippen molar-refractivity contribution in [1.82, 2.24) is 0 Å². The number of benzene rings is 1. The minimum atomic E-state index is -0.552. The van der Waals surface area contributed by atoms with Crippen molar-refractivity contribution in [3.8, 4) is 0 Å². The predicted octanol–water partition coefficient (Wildman–Crippen LogP) is 2.35. The highest BCUT2D eigenvalue weighted by atomic mass is 35.5. The van der Waals surface area contributed by atoms with Gasteiger partial charge in [0.1, 0.15) is 0 Å². The largest absolute Gasteiger partial charge is 0.396 e. The van der Waals surface area contributed by atoms with Crippen LogP contribution in [0.15, 0.2) is 24.3 Å². The highest BCUT2D eigenvalue weighted by Gasteiger charge is 2.03. The normalized spacial score (nSPS) is 9.00. The molecule has 0 aliphatic heterocycles. The number of halogens is 2. The second-order valence-corrected chi connectivity index (χ2v) is 3.71. The molecule has 88 valence electrons. The van der Waals surface area contributed by atoms with Gasteiger partial charge in [0.15, 0.2) is 0 Å². The van der Waals surface area contributed by atoms with Gasteiger partial charge in [0.2, 0.25) is 0 Å². The first-order chi connectivity index (χ1) is 7.52. The second-order valence-electron chi connectivity index (χ2n) is 2.57. The molecule has 6 heteroatoms. The Hall–Kier alpha value is -0.550. The average molecular weight is 281 g/mol. The van der Waals surface area contributed by atoms with Gasteiger partial charge in [0, 0.05) is 16.9 Å². The summed E-state index contributed by atoms with van der Waals surface area (Å²) < 4.78 is 0. The van der Waals surface area contributed by atoms with E-state index in [4.69, 9.17) is 28.3 Å². The van der Waals surface area contributed by atoms with E-state index in [1.54, 1.807) is 0 Å². The van der Waals surface area contributed by atoms with Gasteiger partial charge in [-0.05, 0) is 47.5 Å². The molecular formula is C10H10Cl2O3S. The molecule has 16 heavy (non-hydrogen) atoms. The summed E-state index contributed by atoms with van der Waals surface area (Å²) in [6.45, 7) is 0.184. The highest BCUT2D eigenvalue weighted by Crippen LogP contribution is 2.08. The molecule has 0 amide bonds. The molecule has 0 saturated heterocycles. The average Bonchev–Trinajstić information content (AvgIpc) is 2.29. The molecular weight excluding hydrogens is 271 g/mol. The van der Waals surface area contributed by atoms with Crippen LogP contribution in [0.25, 0.3) is 0 Å². The first-order valence-corrected chi connectivity index (χ1v) is 5.63. The summed E-state index contributed by atoms with van der Waals surface area (Å²) in [6, 6.07) is 5.80. The quantitative estimate of drug-likeness (QED) is 0.660. The second kappa shape index (κ2) is 8.58. The lowest BCUT2D eigenvalue weighted by Gasteiger charge is -1.94. The maximum atomic E-state index is 10.6. The van der Waals surface area contributed by atoms with E-state index in [2.05, 4.69) is 12.6 Å².